The van der Waals surface area contributed by atoms with Gasteiger partial charge >= 0.3 is 6.03 Å². The van der Waals surface area contributed by atoms with Crippen molar-refractivity contribution in [1.29, 1.82) is 0 Å². The zero-order chi connectivity index (χ0) is 17.7. The number of methoxy groups -OCH3 is 1. The number of urea groups is 1. The summed E-state index contributed by atoms with van der Waals surface area (Å²) in [6.45, 7) is 1.74. The van der Waals surface area contributed by atoms with Crippen LogP contribution in [0.25, 0.3) is 0 Å². The van der Waals surface area contributed by atoms with Gasteiger partial charge in [-0.3, -0.25) is 4.79 Å². The molecule has 24 heavy (non-hydrogen) atoms. The number of carbonyl (C=O) groups is 2. The molecule has 1 aromatic carbocycles. The SMILES string of the molecule is CCC(=O)Nc1cc(NC(=O)N2CCC(F)(F)CC2)ccc1OC. The second-order valence-electron chi connectivity index (χ2n) is 5.59. The molecule has 1 heterocycles. The van der Waals surface area contributed by atoms with Crippen LogP contribution in [-0.2, 0) is 4.79 Å². The smallest absolute Gasteiger partial charge is 0.321 e. The largest absolute Gasteiger partial charge is 0.495 e. The molecule has 0 bridgehead atoms. The number of nitrogens with zero attached hydrogens (tertiary/aromatic N) is 1. The molecule has 1 saturated heterocycles. The van der Waals surface area contributed by atoms with Crippen molar-refractivity contribution in [1.82, 2.24) is 4.90 Å². The Balaban J connectivity index is 2.05. The Bertz CT molecular complexity index is 613. The number of nitrogens with one attached hydrogen (secondary N) is 2. The highest BCUT2D eigenvalue weighted by atomic mass is 19.3. The van der Waals surface area contributed by atoms with E-state index < -0.39 is 12.0 Å². The second kappa shape index (κ2) is 7.46. The van der Waals surface area contributed by atoms with Gasteiger partial charge < -0.3 is 20.3 Å². The first-order valence-corrected chi connectivity index (χ1v) is 7.76. The molecule has 3 amide bonds. The van der Waals surface area contributed by atoms with Crippen molar-refractivity contribution >= 4 is 23.3 Å². The van der Waals surface area contributed by atoms with Gasteiger partial charge in [-0.05, 0) is 18.2 Å². The highest BCUT2D eigenvalue weighted by molar-refractivity contribution is 5.95. The normalized spacial score (nSPS) is 16.4. The van der Waals surface area contributed by atoms with E-state index in [2.05, 4.69) is 10.6 Å². The van der Waals surface area contributed by atoms with Crippen molar-refractivity contribution in [2.45, 2.75) is 32.1 Å². The third kappa shape index (κ3) is 4.56. The van der Waals surface area contributed by atoms with Gasteiger partial charge in [0.15, 0.2) is 0 Å². The summed E-state index contributed by atoms with van der Waals surface area (Å²) in [4.78, 5) is 25.1. The zero-order valence-electron chi connectivity index (χ0n) is 13.7. The highest BCUT2D eigenvalue weighted by Gasteiger charge is 2.35. The second-order valence-corrected chi connectivity index (χ2v) is 5.59. The first-order valence-electron chi connectivity index (χ1n) is 7.76. The summed E-state index contributed by atoms with van der Waals surface area (Å²) in [5.41, 5.74) is 0.886. The number of hydrogen-bond acceptors (Lipinski definition) is 3. The van der Waals surface area contributed by atoms with Gasteiger partial charge in [0.1, 0.15) is 5.75 Å². The van der Waals surface area contributed by atoms with E-state index in [1.165, 1.54) is 12.0 Å². The number of hydrogen-bond donors (Lipinski definition) is 2. The summed E-state index contributed by atoms with van der Waals surface area (Å²) < 4.78 is 31.5. The first-order chi connectivity index (χ1) is 11.3. The van der Waals surface area contributed by atoms with Crippen molar-refractivity contribution in [3.63, 3.8) is 0 Å². The predicted molar refractivity (Wildman–Crippen MR) is 86.7 cm³/mol. The Morgan fingerprint density at radius 1 is 1.25 bits per heavy atom. The van der Waals surface area contributed by atoms with Crippen molar-refractivity contribution in [3.05, 3.63) is 18.2 Å². The Morgan fingerprint density at radius 3 is 2.50 bits per heavy atom. The van der Waals surface area contributed by atoms with Crippen LogP contribution < -0.4 is 15.4 Å². The highest BCUT2D eigenvalue weighted by Crippen LogP contribution is 2.30. The standard InChI is InChI=1S/C16H21F2N3O3/c1-3-14(22)20-12-10-11(4-5-13(12)24-2)19-15(23)21-8-6-16(17,18)7-9-21/h4-5,10H,3,6-9H2,1-2H3,(H,19,23)(H,20,22). The molecule has 0 radical (unpaired) electrons. The average molecular weight is 341 g/mol. The van der Waals surface area contributed by atoms with Gasteiger partial charge in [-0.15, -0.1) is 0 Å². The maximum absolute atomic E-state index is 13.1. The molecule has 0 atom stereocenters. The molecule has 8 heteroatoms. The molecular weight excluding hydrogens is 320 g/mol. The topological polar surface area (TPSA) is 70.7 Å². The Labute approximate surface area is 139 Å². The van der Waals surface area contributed by atoms with E-state index in [1.54, 1.807) is 25.1 Å². The Hall–Kier alpha value is -2.38. The van der Waals surface area contributed by atoms with Crippen molar-refractivity contribution in [2.75, 3.05) is 30.8 Å². The molecule has 0 aliphatic carbocycles. The minimum absolute atomic E-state index is 0.00835. The molecule has 2 rings (SSSR count). The lowest BCUT2D eigenvalue weighted by molar-refractivity contribution is -0.115. The fourth-order valence-corrected chi connectivity index (χ4v) is 2.36. The van der Waals surface area contributed by atoms with Crippen LogP contribution in [0, 0.1) is 0 Å². The average Bonchev–Trinajstić information content (AvgIpc) is 2.54. The number of benzene rings is 1. The third-order valence-corrected chi connectivity index (χ3v) is 3.83. The van der Waals surface area contributed by atoms with Gasteiger partial charge in [-0.1, -0.05) is 6.92 Å². The molecule has 6 nitrogen and oxygen atoms in total. The molecule has 0 unspecified atom stereocenters. The van der Waals surface area contributed by atoms with Crippen LogP contribution in [0.3, 0.4) is 0 Å². The van der Waals surface area contributed by atoms with E-state index in [0.29, 0.717) is 23.5 Å². The Kier molecular flexibility index (Phi) is 5.58. The third-order valence-electron chi connectivity index (χ3n) is 3.83. The van der Waals surface area contributed by atoms with Crippen LogP contribution in [0.4, 0.5) is 25.0 Å². The fourth-order valence-electron chi connectivity index (χ4n) is 2.36. The van der Waals surface area contributed by atoms with Gasteiger partial charge in [0.25, 0.3) is 5.92 Å². The van der Waals surface area contributed by atoms with Crippen LogP contribution >= 0.6 is 0 Å². The van der Waals surface area contributed by atoms with Crippen LogP contribution in [-0.4, -0.2) is 43.0 Å². The molecule has 0 aromatic heterocycles. The number of amides is 3. The van der Waals surface area contributed by atoms with E-state index in [0.717, 1.165) is 0 Å². The van der Waals surface area contributed by atoms with Crippen molar-refractivity contribution in [2.24, 2.45) is 0 Å². The number of halogens is 2. The Morgan fingerprint density at radius 2 is 1.92 bits per heavy atom. The number of anilines is 2. The van der Waals surface area contributed by atoms with Gasteiger partial charge in [0, 0.05) is 38.0 Å². The number of likely N-dealkylation sites (tertiary alicyclic amines) is 1. The minimum atomic E-state index is -2.70. The lowest BCUT2D eigenvalue weighted by Crippen LogP contribution is -2.44. The molecule has 1 aliphatic heterocycles. The van der Waals surface area contributed by atoms with Gasteiger partial charge in [0.2, 0.25) is 5.91 Å². The van der Waals surface area contributed by atoms with Gasteiger partial charge in [0.05, 0.1) is 12.8 Å². The van der Waals surface area contributed by atoms with E-state index in [9.17, 15) is 18.4 Å². The van der Waals surface area contributed by atoms with Crippen molar-refractivity contribution < 1.29 is 23.1 Å². The maximum atomic E-state index is 13.1. The molecule has 2 N–H and O–H groups in total. The van der Waals surface area contributed by atoms with Crippen LogP contribution in [0.2, 0.25) is 0 Å². The van der Waals surface area contributed by atoms with Crippen LogP contribution in [0.1, 0.15) is 26.2 Å². The molecule has 1 fully saturated rings. The summed E-state index contributed by atoms with van der Waals surface area (Å²) in [7, 11) is 1.48. The molecule has 0 spiro atoms. The van der Waals surface area contributed by atoms with Crippen molar-refractivity contribution in [3.8, 4) is 5.75 Å². The molecule has 132 valence electrons. The van der Waals surface area contributed by atoms with Gasteiger partial charge in [-0.2, -0.15) is 0 Å². The number of piperidine rings is 1. The number of carbonyl (C=O) groups excluding carboxylic acids is 2. The lowest BCUT2D eigenvalue weighted by Gasteiger charge is -2.31. The summed E-state index contributed by atoms with van der Waals surface area (Å²) in [6, 6.07) is 4.37. The van der Waals surface area contributed by atoms with Crippen LogP contribution in [0.15, 0.2) is 18.2 Å². The van der Waals surface area contributed by atoms with E-state index >= 15 is 0 Å². The predicted octanol–water partition coefficient (Wildman–Crippen LogP) is 3.31. The number of rotatable bonds is 4. The molecule has 1 aliphatic rings. The zero-order valence-corrected chi connectivity index (χ0v) is 13.7. The summed E-state index contributed by atoms with van der Waals surface area (Å²) >= 11 is 0. The first kappa shape index (κ1) is 18.0. The number of ether oxygens (including phenoxy) is 1. The molecule has 1 aromatic rings. The van der Waals surface area contributed by atoms with E-state index in [4.69, 9.17) is 4.74 Å². The molecule has 0 saturated carbocycles. The fraction of sp³-hybridized carbons (Fsp3) is 0.500. The lowest BCUT2D eigenvalue weighted by atomic mass is 10.1. The van der Waals surface area contributed by atoms with Crippen LogP contribution in [0.5, 0.6) is 5.75 Å². The van der Waals surface area contributed by atoms with E-state index in [1.807, 2.05) is 0 Å². The minimum Gasteiger partial charge on any atom is -0.495 e. The summed E-state index contributed by atoms with van der Waals surface area (Å²) in [5, 5.41) is 5.34. The molecular formula is C16H21F2N3O3. The van der Waals surface area contributed by atoms with E-state index in [-0.39, 0.29) is 31.8 Å². The summed E-state index contributed by atoms with van der Waals surface area (Å²) in [6.07, 6.45) is -0.358. The summed E-state index contributed by atoms with van der Waals surface area (Å²) in [5.74, 6) is -2.42. The monoisotopic (exact) mass is 341 g/mol. The quantitative estimate of drug-likeness (QED) is 0.883. The van der Waals surface area contributed by atoms with Gasteiger partial charge in [-0.25, -0.2) is 13.6 Å². The maximum Gasteiger partial charge on any atom is 0.321 e. The number of alkyl halides is 2.